The molecule has 0 aliphatic carbocycles. The zero-order valence-electron chi connectivity index (χ0n) is 10.5. The number of anilines is 1. The predicted octanol–water partition coefficient (Wildman–Crippen LogP) is 2.53. The van der Waals surface area contributed by atoms with Crippen molar-refractivity contribution in [3.8, 4) is 0 Å². The summed E-state index contributed by atoms with van der Waals surface area (Å²) < 4.78 is 31.4. The monoisotopic (exact) mass is 472 g/mol. The van der Waals surface area contributed by atoms with Gasteiger partial charge in [-0.2, -0.15) is 0 Å². The number of sulfonamides is 1. The Balaban J connectivity index is 2.66. The van der Waals surface area contributed by atoms with E-state index in [1.807, 2.05) is 22.6 Å². The summed E-state index contributed by atoms with van der Waals surface area (Å²) in [6.45, 7) is 0. The van der Waals surface area contributed by atoms with Crippen LogP contribution >= 0.6 is 38.5 Å². The van der Waals surface area contributed by atoms with Gasteiger partial charge in [0.25, 0.3) is 5.91 Å². The van der Waals surface area contributed by atoms with Crippen molar-refractivity contribution in [1.82, 2.24) is 5.32 Å². The molecule has 0 aliphatic heterocycles. The summed E-state index contributed by atoms with van der Waals surface area (Å²) in [6, 6.07) is 3.19. The van der Waals surface area contributed by atoms with Crippen molar-refractivity contribution in [2.45, 2.75) is 0 Å². The van der Waals surface area contributed by atoms with Gasteiger partial charge in [0.15, 0.2) is 3.77 Å². The topological polar surface area (TPSA) is 88.4 Å². The van der Waals surface area contributed by atoms with Crippen molar-refractivity contribution in [3.63, 3.8) is 0 Å². The minimum atomic E-state index is -3.40. The number of carbonyl (C=O) groups excluding carboxylic acids is 1. The van der Waals surface area contributed by atoms with Gasteiger partial charge in [-0.3, -0.25) is 9.52 Å². The quantitative estimate of drug-likeness (QED) is 0.672. The average Bonchev–Trinajstić information content (AvgIpc) is 2.62. The Kier molecular flexibility index (Phi) is 4.30. The predicted molar refractivity (Wildman–Crippen MR) is 88.5 cm³/mol. The van der Waals surface area contributed by atoms with E-state index in [-0.39, 0.29) is 5.91 Å². The first-order chi connectivity index (χ1) is 9.23. The van der Waals surface area contributed by atoms with Crippen molar-refractivity contribution in [2.75, 3.05) is 18.0 Å². The molecular formula is C11H10BrIN2O4S. The second-order valence-corrected chi connectivity index (χ2v) is 7.61. The number of furan rings is 1. The molecule has 1 aromatic heterocycles. The van der Waals surface area contributed by atoms with E-state index < -0.39 is 10.0 Å². The molecule has 9 heteroatoms. The van der Waals surface area contributed by atoms with Gasteiger partial charge in [-0.25, -0.2) is 8.42 Å². The highest BCUT2D eigenvalue weighted by molar-refractivity contribution is 14.1. The van der Waals surface area contributed by atoms with Crippen LogP contribution in [0.4, 0.5) is 5.69 Å². The highest BCUT2D eigenvalue weighted by Gasteiger charge is 2.20. The third-order valence-electron chi connectivity index (χ3n) is 2.48. The molecule has 2 rings (SSSR count). The van der Waals surface area contributed by atoms with Crippen molar-refractivity contribution in [2.24, 2.45) is 0 Å². The Morgan fingerprint density at radius 1 is 1.40 bits per heavy atom. The number of benzene rings is 1. The van der Waals surface area contributed by atoms with E-state index in [1.165, 1.54) is 13.1 Å². The van der Waals surface area contributed by atoms with Crippen LogP contribution in [-0.2, 0) is 10.0 Å². The molecule has 0 unspecified atom stereocenters. The fourth-order valence-corrected chi connectivity index (χ4v) is 3.62. The van der Waals surface area contributed by atoms with Crippen molar-refractivity contribution in [1.29, 1.82) is 0 Å². The molecule has 20 heavy (non-hydrogen) atoms. The lowest BCUT2D eigenvalue weighted by Crippen LogP contribution is -2.18. The van der Waals surface area contributed by atoms with Crippen LogP contribution in [-0.4, -0.2) is 27.6 Å². The van der Waals surface area contributed by atoms with Crippen LogP contribution in [0.15, 0.2) is 21.0 Å². The summed E-state index contributed by atoms with van der Waals surface area (Å²) in [7, 11) is -1.86. The third-order valence-corrected chi connectivity index (χ3v) is 4.49. The molecule has 0 atom stereocenters. The zero-order chi connectivity index (χ0) is 15.1. The number of hydrogen-bond donors (Lipinski definition) is 2. The van der Waals surface area contributed by atoms with Crippen molar-refractivity contribution < 1.29 is 17.6 Å². The van der Waals surface area contributed by atoms with E-state index in [2.05, 4.69) is 26.0 Å². The Hall–Kier alpha value is -0.810. The SMILES string of the molecule is CNC(=O)c1c(I)oc2cc(NS(C)(=O)=O)c(Br)cc12. The van der Waals surface area contributed by atoms with Crippen LogP contribution < -0.4 is 10.0 Å². The molecular weight excluding hydrogens is 463 g/mol. The van der Waals surface area contributed by atoms with Gasteiger partial charge < -0.3 is 9.73 Å². The molecule has 1 amide bonds. The van der Waals surface area contributed by atoms with E-state index in [0.717, 1.165) is 6.26 Å². The Bertz CT molecular complexity index is 800. The molecule has 0 bridgehead atoms. The van der Waals surface area contributed by atoms with Crippen molar-refractivity contribution in [3.05, 3.63) is 25.9 Å². The Labute approximate surface area is 137 Å². The van der Waals surface area contributed by atoms with Crippen molar-refractivity contribution >= 4 is 71.1 Å². The number of rotatable bonds is 3. The molecule has 2 N–H and O–H groups in total. The van der Waals surface area contributed by atoms with Crippen LogP contribution in [0.3, 0.4) is 0 Å². The largest absolute Gasteiger partial charge is 0.449 e. The molecule has 0 radical (unpaired) electrons. The van der Waals surface area contributed by atoms with Crippen LogP contribution in [0, 0.1) is 3.77 Å². The molecule has 0 saturated carbocycles. The third kappa shape index (κ3) is 3.09. The fourth-order valence-electron chi connectivity index (χ4n) is 1.70. The van der Waals surface area contributed by atoms with Gasteiger partial charge in [-0.05, 0) is 22.0 Å². The Morgan fingerprint density at radius 3 is 2.60 bits per heavy atom. The maximum atomic E-state index is 11.8. The lowest BCUT2D eigenvalue weighted by atomic mass is 10.1. The van der Waals surface area contributed by atoms with Crippen LogP contribution in [0.1, 0.15) is 10.4 Å². The first-order valence-corrected chi connectivity index (χ1v) is 9.10. The second-order valence-electron chi connectivity index (χ2n) is 4.03. The number of hydrogen-bond acceptors (Lipinski definition) is 4. The molecule has 0 aliphatic rings. The van der Waals surface area contributed by atoms with E-state index in [9.17, 15) is 13.2 Å². The summed E-state index contributed by atoms with van der Waals surface area (Å²) in [4.78, 5) is 11.8. The highest BCUT2D eigenvalue weighted by atomic mass is 127. The summed E-state index contributed by atoms with van der Waals surface area (Å²) in [5.74, 6) is -0.260. The number of fused-ring (bicyclic) bond motifs is 1. The first-order valence-electron chi connectivity index (χ1n) is 5.34. The zero-order valence-corrected chi connectivity index (χ0v) is 15.0. The van der Waals surface area contributed by atoms with Gasteiger partial charge in [-0.1, -0.05) is 0 Å². The van der Waals surface area contributed by atoms with Gasteiger partial charge in [0.1, 0.15) is 5.58 Å². The number of amides is 1. The smallest absolute Gasteiger partial charge is 0.256 e. The lowest BCUT2D eigenvalue weighted by Gasteiger charge is -2.06. The molecule has 1 heterocycles. The van der Waals surface area contributed by atoms with Gasteiger partial charge in [0.05, 0.1) is 17.5 Å². The molecule has 6 nitrogen and oxygen atoms in total. The van der Waals surface area contributed by atoms with Crippen LogP contribution in [0.5, 0.6) is 0 Å². The molecule has 2 aromatic rings. The lowest BCUT2D eigenvalue weighted by molar-refractivity contribution is 0.0962. The standard InChI is InChI=1S/C11H10BrIN2O4S/c1-14-11(16)9-5-3-6(12)7(15-20(2,17)18)4-8(5)19-10(9)13/h3-4,15H,1-2H3,(H,14,16). The van der Waals surface area contributed by atoms with E-state index in [4.69, 9.17) is 4.42 Å². The van der Waals surface area contributed by atoms with Crippen LogP contribution in [0.2, 0.25) is 0 Å². The molecule has 0 saturated heterocycles. The average molecular weight is 473 g/mol. The molecule has 0 spiro atoms. The van der Waals surface area contributed by atoms with Gasteiger partial charge in [0, 0.05) is 45.6 Å². The second kappa shape index (κ2) is 5.53. The molecule has 108 valence electrons. The summed E-state index contributed by atoms with van der Waals surface area (Å²) >= 11 is 5.20. The molecule has 1 aromatic carbocycles. The van der Waals surface area contributed by atoms with E-state index in [0.29, 0.717) is 30.5 Å². The number of carbonyl (C=O) groups is 1. The van der Waals surface area contributed by atoms with Gasteiger partial charge >= 0.3 is 0 Å². The van der Waals surface area contributed by atoms with Crippen LogP contribution in [0.25, 0.3) is 11.0 Å². The number of nitrogens with one attached hydrogen (secondary N) is 2. The summed E-state index contributed by atoms with van der Waals surface area (Å²) in [5, 5.41) is 3.15. The van der Waals surface area contributed by atoms with E-state index >= 15 is 0 Å². The minimum absolute atomic E-state index is 0.260. The summed E-state index contributed by atoms with van der Waals surface area (Å²) in [6.07, 6.45) is 1.06. The fraction of sp³-hybridized carbons (Fsp3) is 0.182. The van der Waals surface area contributed by atoms with Gasteiger partial charge in [0.2, 0.25) is 10.0 Å². The van der Waals surface area contributed by atoms with Gasteiger partial charge in [-0.15, -0.1) is 0 Å². The molecule has 0 fully saturated rings. The minimum Gasteiger partial charge on any atom is -0.449 e. The maximum Gasteiger partial charge on any atom is 0.256 e. The van der Waals surface area contributed by atoms with E-state index in [1.54, 1.807) is 6.07 Å². The number of halogens is 2. The highest BCUT2D eigenvalue weighted by Crippen LogP contribution is 2.34. The maximum absolute atomic E-state index is 11.8. The summed E-state index contributed by atoms with van der Waals surface area (Å²) in [5.41, 5.74) is 1.21. The normalized spacial score (nSPS) is 11.6. The Morgan fingerprint density at radius 2 is 2.05 bits per heavy atom. The first kappa shape index (κ1) is 15.6.